The van der Waals surface area contributed by atoms with Crippen molar-refractivity contribution < 1.29 is 13.4 Å². The molecule has 0 aliphatic carbocycles. The van der Waals surface area contributed by atoms with Crippen molar-refractivity contribution in [2.45, 2.75) is 18.9 Å². The van der Waals surface area contributed by atoms with Crippen molar-refractivity contribution >= 4 is 32.6 Å². The van der Waals surface area contributed by atoms with Gasteiger partial charge in [-0.05, 0) is 40.9 Å². The van der Waals surface area contributed by atoms with Gasteiger partial charge >= 0.3 is 0 Å². The summed E-state index contributed by atoms with van der Waals surface area (Å²) in [5, 5.41) is 2.79. The quantitative estimate of drug-likeness (QED) is 0.902. The molecule has 1 fully saturated rings. The molecule has 1 saturated heterocycles. The van der Waals surface area contributed by atoms with Crippen LogP contribution in [-0.2, 0) is 10.8 Å². The maximum Gasteiger partial charge on any atom is 0.255 e. The Kier molecular flexibility index (Phi) is 4.50. The van der Waals surface area contributed by atoms with Gasteiger partial charge in [-0.1, -0.05) is 6.07 Å². The number of halogens is 2. The summed E-state index contributed by atoms with van der Waals surface area (Å²) in [6, 6.07) is 4.42. The molecule has 6 heteroatoms. The van der Waals surface area contributed by atoms with Gasteiger partial charge in [-0.25, -0.2) is 4.39 Å². The van der Waals surface area contributed by atoms with Crippen molar-refractivity contribution in [3.8, 4) is 0 Å². The van der Waals surface area contributed by atoms with Gasteiger partial charge in [0.2, 0.25) is 0 Å². The van der Waals surface area contributed by atoms with E-state index in [2.05, 4.69) is 21.2 Å². The van der Waals surface area contributed by atoms with E-state index in [1.807, 2.05) is 0 Å². The van der Waals surface area contributed by atoms with Gasteiger partial charge in [0, 0.05) is 32.8 Å². The molecule has 1 heterocycles. The second kappa shape index (κ2) is 5.93. The van der Waals surface area contributed by atoms with Crippen LogP contribution in [0.15, 0.2) is 22.7 Å². The first kappa shape index (κ1) is 13.7. The van der Waals surface area contributed by atoms with Gasteiger partial charge in [-0.15, -0.1) is 0 Å². The molecular weight excluding hydrogens is 321 g/mol. The third-order valence-corrected chi connectivity index (χ3v) is 4.96. The number of carbonyl (C=O) groups is 1. The first-order valence-electron chi connectivity index (χ1n) is 5.68. The summed E-state index contributed by atoms with van der Waals surface area (Å²) < 4.78 is 25.2. The fourth-order valence-corrected chi connectivity index (χ4v) is 3.73. The topological polar surface area (TPSA) is 46.2 Å². The van der Waals surface area contributed by atoms with E-state index in [1.54, 1.807) is 12.1 Å². The van der Waals surface area contributed by atoms with E-state index >= 15 is 0 Å². The Balaban J connectivity index is 2.06. The lowest BCUT2D eigenvalue weighted by Gasteiger charge is -2.22. The van der Waals surface area contributed by atoms with Gasteiger partial charge < -0.3 is 5.32 Å². The lowest BCUT2D eigenvalue weighted by Crippen LogP contribution is -2.40. The van der Waals surface area contributed by atoms with Crippen LogP contribution in [0.1, 0.15) is 23.2 Å². The summed E-state index contributed by atoms with van der Waals surface area (Å²) in [5.74, 6) is 0.242. The van der Waals surface area contributed by atoms with E-state index in [9.17, 15) is 13.4 Å². The largest absolute Gasteiger partial charge is 0.349 e. The molecule has 0 aromatic heterocycles. The van der Waals surface area contributed by atoms with Crippen molar-refractivity contribution in [1.82, 2.24) is 5.32 Å². The predicted octanol–water partition coefficient (Wildman–Crippen LogP) is 2.23. The average Bonchev–Trinajstić information content (AvgIpc) is 2.32. The van der Waals surface area contributed by atoms with Crippen LogP contribution in [0.25, 0.3) is 0 Å². The molecule has 0 atom stereocenters. The van der Waals surface area contributed by atoms with E-state index in [0.29, 0.717) is 28.8 Å². The zero-order valence-electron chi connectivity index (χ0n) is 9.62. The van der Waals surface area contributed by atoms with Crippen LogP contribution in [-0.4, -0.2) is 27.7 Å². The summed E-state index contributed by atoms with van der Waals surface area (Å²) in [7, 11) is -0.764. The number of rotatable bonds is 2. The van der Waals surface area contributed by atoms with E-state index in [-0.39, 0.29) is 11.6 Å². The molecular formula is C12H13BrFNO2S. The lowest BCUT2D eigenvalue weighted by atomic mass is 10.1. The highest BCUT2D eigenvalue weighted by atomic mass is 79.9. The van der Waals surface area contributed by atoms with E-state index in [4.69, 9.17) is 0 Å². The fourth-order valence-electron chi connectivity index (χ4n) is 1.91. The summed E-state index contributed by atoms with van der Waals surface area (Å²) in [5.41, 5.74) is 0.0317. The molecule has 1 aromatic rings. The van der Waals surface area contributed by atoms with Gasteiger partial charge in [-0.3, -0.25) is 9.00 Å². The molecule has 18 heavy (non-hydrogen) atoms. The number of benzene rings is 1. The first-order chi connectivity index (χ1) is 8.58. The highest BCUT2D eigenvalue weighted by Gasteiger charge is 2.22. The normalized spacial score (nSPS) is 23.7. The van der Waals surface area contributed by atoms with Gasteiger partial charge in [-0.2, -0.15) is 0 Å². The second-order valence-corrected chi connectivity index (χ2v) is 6.74. The lowest BCUT2D eigenvalue weighted by molar-refractivity contribution is 0.0929. The Morgan fingerprint density at radius 3 is 2.67 bits per heavy atom. The number of amides is 1. The van der Waals surface area contributed by atoms with Crippen molar-refractivity contribution in [2.75, 3.05) is 11.5 Å². The first-order valence-corrected chi connectivity index (χ1v) is 7.96. The van der Waals surface area contributed by atoms with Crippen LogP contribution in [0, 0.1) is 5.82 Å². The summed E-state index contributed by atoms with van der Waals surface area (Å²) in [6.07, 6.45) is 1.37. The van der Waals surface area contributed by atoms with Crippen molar-refractivity contribution in [2.24, 2.45) is 0 Å². The summed E-state index contributed by atoms with van der Waals surface area (Å²) in [4.78, 5) is 12.0. The predicted molar refractivity (Wildman–Crippen MR) is 72.5 cm³/mol. The van der Waals surface area contributed by atoms with Crippen LogP contribution in [0.5, 0.6) is 0 Å². The van der Waals surface area contributed by atoms with E-state index < -0.39 is 22.5 Å². The fraction of sp³-hybridized carbons (Fsp3) is 0.417. The molecule has 0 bridgehead atoms. The Morgan fingerprint density at radius 1 is 1.39 bits per heavy atom. The maximum atomic E-state index is 13.6. The van der Waals surface area contributed by atoms with E-state index in [0.717, 1.165) is 0 Å². The standard InChI is InChI=1S/C12H13BrFNO2S/c13-9-2-1-3-10(14)11(9)12(16)15-8-4-6-18(17)7-5-8/h1-3,8H,4-7H2,(H,15,16). The number of hydrogen-bond acceptors (Lipinski definition) is 2. The SMILES string of the molecule is O=C(NC1CCS(=O)CC1)c1c(F)cccc1Br. The van der Waals surface area contributed by atoms with Crippen LogP contribution in [0.2, 0.25) is 0 Å². The monoisotopic (exact) mass is 333 g/mol. The highest BCUT2D eigenvalue weighted by Crippen LogP contribution is 2.20. The number of nitrogens with one attached hydrogen (secondary N) is 1. The molecule has 1 aliphatic rings. The summed E-state index contributed by atoms with van der Waals surface area (Å²) >= 11 is 3.17. The molecule has 2 rings (SSSR count). The van der Waals surface area contributed by atoms with Crippen LogP contribution in [0.4, 0.5) is 4.39 Å². The third-order valence-electron chi connectivity index (χ3n) is 2.91. The number of hydrogen-bond donors (Lipinski definition) is 1. The molecule has 1 amide bonds. The molecule has 0 spiro atoms. The molecule has 98 valence electrons. The van der Waals surface area contributed by atoms with Gasteiger partial charge in [0.15, 0.2) is 0 Å². The minimum Gasteiger partial charge on any atom is -0.349 e. The minimum absolute atomic E-state index is 0.0123. The second-order valence-electron chi connectivity index (χ2n) is 4.19. The molecule has 0 saturated carbocycles. The average molecular weight is 334 g/mol. The zero-order valence-corrected chi connectivity index (χ0v) is 12.0. The molecule has 1 aliphatic heterocycles. The van der Waals surface area contributed by atoms with Crippen LogP contribution in [0.3, 0.4) is 0 Å². The van der Waals surface area contributed by atoms with Crippen LogP contribution < -0.4 is 5.32 Å². The molecule has 0 radical (unpaired) electrons. The van der Waals surface area contributed by atoms with Gasteiger partial charge in [0.05, 0.1) is 5.56 Å². The Bertz CT molecular complexity index is 465. The van der Waals surface area contributed by atoms with Gasteiger partial charge in [0.25, 0.3) is 5.91 Å². The van der Waals surface area contributed by atoms with E-state index in [1.165, 1.54) is 6.07 Å². The van der Waals surface area contributed by atoms with Crippen molar-refractivity contribution in [3.05, 3.63) is 34.1 Å². The Morgan fingerprint density at radius 2 is 2.06 bits per heavy atom. The van der Waals surface area contributed by atoms with Crippen molar-refractivity contribution in [1.29, 1.82) is 0 Å². The smallest absolute Gasteiger partial charge is 0.255 e. The minimum atomic E-state index is -0.764. The maximum absolute atomic E-state index is 13.6. The third kappa shape index (κ3) is 3.17. The van der Waals surface area contributed by atoms with Gasteiger partial charge in [0.1, 0.15) is 5.82 Å². The summed E-state index contributed by atoms with van der Waals surface area (Å²) in [6.45, 7) is 0. The number of carbonyl (C=O) groups excluding carboxylic acids is 1. The Hall–Kier alpha value is -0.750. The molecule has 1 aromatic carbocycles. The zero-order chi connectivity index (χ0) is 13.1. The van der Waals surface area contributed by atoms with Crippen LogP contribution >= 0.6 is 15.9 Å². The molecule has 3 nitrogen and oxygen atoms in total. The molecule has 0 unspecified atom stereocenters. The van der Waals surface area contributed by atoms with Crippen molar-refractivity contribution in [3.63, 3.8) is 0 Å². The Labute approximate surface area is 116 Å². The highest BCUT2D eigenvalue weighted by molar-refractivity contribution is 9.10. The molecule has 1 N–H and O–H groups in total.